The van der Waals surface area contributed by atoms with Crippen LogP contribution in [0.5, 0.6) is 0 Å². The molecule has 0 saturated carbocycles. The van der Waals surface area contributed by atoms with Gasteiger partial charge in [-0.1, -0.05) is 119 Å². The molecule has 8 rings (SSSR count). The van der Waals surface area contributed by atoms with Gasteiger partial charge in [0.05, 0.1) is 59.6 Å². The number of nitrogens with zero attached hydrogens (tertiary/aromatic N) is 2. The molecule has 0 bridgehead atoms. The highest BCUT2D eigenvalue weighted by atomic mass is 36.0. The van der Waals surface area contributed by atoms with Crippen LogP contribution in [0.2, 0.25) is 0 Å². The van der Waals surface area contributed by atoms with Crippen LogP contribution in [0, 0.1) is 31.3 Å². The molecule has 2 aliphatic rings. The van der Waals surface area contributed by atoms with Crippen LogP contribution in [0.3, 0.4) is 0 Å². The molecular formula is C62H65Cl3F6N3O13P3. The number of aliphatic imine (C=N–C) groups is 2. The molecule has 1 atom stereocenters. The lowest BCUT2D eigenvalue weighted by Crippen LogP contribution is -2.37. The van der Waals surface area contributed by atoms with Gasteiger partial charge in [0.1, 0.15) is 17.5 Å². The first-order valence-electron chi connectivity index (χ1n) is 27.1. The summed E-state index contributed by atoms with van der Waals surface area (Å²) >= 11 is 13.8. The van der Waals surface area contributed by atoms with Gasteiger partial charge in [-0.15, -0.1) is 0 Å². The van der Waals surface area contributed by atoms with E-state index in [-0.39, 0.29) is 47.3 Å². The number of carbonyl (C=O) groups is 4. The van der Waals surface area contributed by atoms with E-state index in [9.17, 15) is 59.7 Å². The average Bonchev–Trinajstić information content (AvgIpc) is 0.762. The minimum atomic E-state index is -4.78. The Morgan fingerprint density at radius 1 is 0.656 bits per heavy atom. The molecular weight excluding hydrogens is 1310 g/mol. The number of hydrogen-bond donors (Lipinski definition) is 3. The Hall–Kier alpha value is -6.57. The molecule has 1 unspecified atom stereocenters. The zero-order valence-electron chi connectivity index (χ0n) is 50.5. The van der Waals surface area contributed by atoms with E-state index < -0.39 is 84.2 Å². The number of rotatable bonds is 12. The molecule has 0 fully saturated rings. The van der Waals surface area contributed by atoms with Gasteiger partial charge in [0.15, 0.2) is 0 Å². The molecule has 16 nitrogen and oxygen atoms in total. The van der Waals surface area contributed by atoms with E-state index in [1.54, 1.807) is 33.8 Å². The van der Waals surface area contributed by atoms with E-state index in [2.05, 4.69) is 48.8 Å². The number of carbonyl (C=O) groups excluding carboxylic acids is 4. The van der Waals surface area contributed by atoms with E-state index >= 15 is 4.39 Å². The van der Waals surface area contributed by atoms with Crippen molar-refractivity contribution in [3.05, 3.63) is 211 Å². The van der Waals surface area contributed by atoms with Gasteiger partial charge in [-0.05, 0) is 132 Å². The third-order valence-electron chi connectivity index (χ3n) is 13.8. The fourth-order valence-electron chi connectivity index (χ4n) is 9.09. The first kappa shape index (κ1) is 75.9. The molecule has 0 spiro atoms. The highest BCUT2D eigenvalue weighted by Gasteiger charge is 2.38. The standard InChI is InChI=1S/2C21H22FNO2.C20H19F4NO3.Cl3OP.H2O5P2/c1-5-25-20(24)16-10-15-17(11-18(16)22)21(3,4)12-23-19(15)14-9-7-6-8-13(14)2;1-5-25-20(24)15-10-11-16-17(18(15)22)19(23-12-21(16,3)4)14-9-7-6-8-13(14)2;1-19(2,12-8-9-14(16(21)10-12)18(27)28-3)11-25-17(26)13-6-4-5-7-15(13)20(22,23)24;1-5(2,3)4;1-6(2)7(3,4)5/h2*6-11H,5,12H2,1-4H3;4-10H,11H2,1-3H3,(H,25,26);;(H2,3,4,5). The second-order valence-electron chi connectivity index (χ2n) is 21.8. The van der Waals surface area contributed by atoms with Gasteiger partial charge >= 0.3 is 44.3 Å². The highest BCUT2D eigenvalue weighted by molar-refractivity contribution is 8.24. The Morgan fingerprint density at radius 3 is 1.60 bits per heavy atom. The van der Waals surface area contributed by atoms with Crippen molar-refractivity contribution in [3.8, 4) is 0 Å². The number of benzene rings is 6. The van der Waals surface area contributed by atoms with Crippen molar-refractivity contribution < 1.29 is 88.1 Å². The monoisotopic (exact) mass is 1370 g/mol. The van der Waals surface area contributed by atoms with Crippen molar-refractivity contribution in [3.63, 3.8) is 0 Å². The molecule has 6 aromatic rings. The van der Waals surface area contributed by atoms with E-state index in [1.165, 1.54) is 36.4 Å². The summed E-state index contributed by atoms with van der Waals surface area (Å²) in [6, 6.07) is 30.5. The van der Waals surface area contributed by atoms with Gasteiger partial charge in [-0.3, -0.25) is 29.1 Å². The van der Waals surface area contributed by atoms with E-state index in [0.717, 1.165) is 70.0 Å². The van der Waals surface area contributed by atoms with Gasteiger partial charge in [0, 0.05) is 58.1 Å². The lowest BCUT2D eigenvalue weighted by atomic mass is 9.76. The Bertz CT molecular complexity index is 3800. The van der Waals surface area contributed by atoms with Crippen LogP contribution >= 0.6 is 53.9 Å². The molecule has 1 amide bonds. The van der Waals surface area contributed by atoms with E-state index in [1.807, 2.05) is 96.1 Å². The Balaban J connectivity index is 0.000000264. The van der Waals surface area contributed by atoms with Crippen LogP contribution in [0.25, 0.3) is 0 Å². The second kappa shape index (κ2) is 31.6. The summed E-state index contributed by atoms with van der Waals surface area (Å²) in [6.07, 6.45) is -4.66. The lowest BCUT2D eigenvalue weighted by Gasteiger charge is -2.32. The fourth-order valence-corrected chi connectivity index (χ4v) is 9.09. The molecule has 0 saturated heterocycles. The maximum absolute atomic E-state index is 15.4. The maximum Gasteiger partial charge on any atom is 0.561 e. The summed E-state index contributed by atoms with van der Waals surface area (Å²) in [5.41, 5.74) is 5.59. The number of alkyl halides is 3. The van der Waals surface area contributed by atoms with Crippen LogP contribution in [0.15, 0.2) is 125 Å². The number of hydrogen-bond acceptors (Lipinski definition) is 13. The van der Waals surface area contributed by atoms with Gasteiger partial charge in [0.25, 0.3) is 5.91 Å². The van der Waals surface area contributed by atoms with Crippen molar-refractivity contribution in [1.29, 1.82) is 0 Å². The quantitative estimate of drug-likeness (QED) is 0.0447. The number of fused-ring (bicyclic) bond motifs is 2. The first-order chi connectivity index (χ1) is 41.6. The van der Waals surface area contributed by atoms with Gasteiger partial charge in [-0.2, -0.15) is 13.2 Å². The summed E-state index contributed by atoms with van der Waals surface area (Å²) in [5.74, 6) is -4.87. The SMILES string of the molecule is CCOC(=O)c1cc2c(cc1F)C(C)(C)CN=C2c1ccccc1C.CCOC(=O)c1ccc2c(c1F)C(c1ccccc1C)=NCC2(C)C.COC(=O)c1ccc(C(C)(C)CNC(=O)c2ccccc2C(F)(F)F)cc1F.O=P(Cl)(Cl)Cl.O=[P+]([O-])P(=O)(O)O. The predicted molar refractivity (Wildman–Crippen MR) is 333 cm³/mol. The van der Waals surface area contributed by atoms with Gasteiger partial charge < -0.3 is 24.4 Å². The van der Waals surface area contributed by atoms with E-state index in [4.69, 9.17) is 24.3 Å². The van der Waals surface area contributed by atoms with Crippen LogP contribution in [0.4, 0.5) is 26.3 Å². The van der Waals surface area contributed by atoms with Gasteiger partial charge in [0.2, 0.25) is 0 Å². The minimum Gasteiger partial charge on any atom is -0.588 e. The van der Waals surface area contributed by atoms with Crippen molar-refractivity contribution in [2.45, 2.75) is 91.7 Å². The largest absolute Gasteiger partial charge is 0.588 e. The van der Waals surface area contributed by atoms with Crippen molar-refractivity contribution >= 4 is 89.2 Å². The summed E-state index contributed by atoms with van der Waals surface area (Å²) in [4.78, 5) is 82.0. The molecule has 3 N–H and O–H groups in total. The Labute approximate surface area is 532 Å². The van der Waals surface area contributed by atoms with Crippen molar-refractivity contribution in [2.75, 3.05) is 40.0 Å². The molecule has 484 valence electrons. The third kappa shape index (κ3) is 20.5. The molecule has 28 heteroatoms. The predicted octanol–water partition coefficient (Wildman–Crippen LogP) is 15.2. The summed E-state index contributed by atoms with van der Waals surface area (Å²) in [7, 11) is -7.23. The highest BCUT2D eigenvalue weighted by Crippen LogP contribution is 2.61. The average molecular weight is 1370 g/mol. The van der Waals surface area contributed by atoms with Crippen LogP contribution in [0.1, 0.15) is 152 Å². The summed E-state index contributed by atoms with van der Waals surface area (Å²) in [6.45, 7) is 20.4. The molecule has 0 aliphatic carbocycles. The topological polar surface area (TPSA) is 247 Å². The van der Waals surface area contributed by atoms with E-state index in [0.29, 0.717) is 29.9 Å². The zero-order valence-corrected chi connectivity index (χ0v) is 55.5. The molecule has 2 aliphatic heterocycles. The number of methoxy groups -OCH3 is 1. The van der Waals surface area contributed by atoms with Crippen LogP contribution in [-0.2, 0) is 50.3 Å². The van der Waals surface area contributed by atoms with Crippen LogP contribution in [-0.4, -0.2) is 85.0 Å². The molecule has 2 heterocycles. The number of aryl methyl sites for hydroxylation is 2. The van der Waals surface area contributed by atoms with Crippen molar-refractivity contribution in [1.82, 2.24) is 5.32 Å². The Kier molecular flexibility index (Phi) is 26.7. The summed E-state index contributed by atoms with van der Waals surface area (Å²) < 4.78 is 126. The number of nitrogens with one attached hydrogen (secondary N) is 1. The fraction of sp³-hybridized carbons (Fsp3) is 0.323. The third-order valence-corrected chi connectivity index (χ3v) is 15.5. The number of amides is 1. The lowest BCUT2D eigenvalue weighted by molar-refractivity contribution is -0.160. The minimum absolute atomic E-state index is 0.0421. The molecule has 0 radical (unpaired) electrons. The summed E-state index contributed by atoms with van der Waals surface area (Å²) in [5, 5.41) is -0.757. The van der Waals surface area contributed by atoms with Gasteiger partial charge in [-0.25, -0.2) is 32.1 Å². The maximum atomic E-state index is 15.4. The first-order valence-corrected chi connectivity index (χ1v) is 35.0. The zero-order chi connectivity index (χ0) is 68.1. The molecule has 6 aromatic carbocycles. The normalized spacial score (nSPS) is 13.9. The van der Waals surface area contributed by atoms with Crippen molar-refractivity contribution in [2.24, 2.45) is 9.98 Å². The molecule has 0 aromatic heterocycles. The number of esters is 3. The number of halogens is 9. The molecule has 90 heavy (non-hydrogen) atoms. The smallest absolute Gasteiger partial charge is 0.561 e. The van der Waals surface area contributed by atoms with Crippen LogP contribution < -0.4 is 10.2 Å². The second-order valence-corrected chi connectivity index (χ2v) is 32.5. The Morgan fingerprint density at radius 2 is 1.11 bits per heavy atom. The number of ether oxygens (including phenoxy) is 3.